The van der Waals surface area contributed by atoms with Crippen molar-refractivity contribution in [3.63, 3.8) is 0 Å². The second-order valence-corrected chi connectivity index (χ2v) is 7.61. The molecule has 0 aliphatic carbocycles. The lowest BCUT2D eigenvalue weighted by atomic mass is 10.1. The van der Waals surface area contributed by atoms with Gasteiger partial charge in [0.05, 0.1) is 18.4 Å². The van der Waals surface area contributed by atoms with Gasteiger partial charge in [0.2, 0.25) is 0 Å². The summed E-state index contributed by atoms with van der Waals surface area (Å²) in [7, 11) is 1.54. The number of benzene rings is 3. The number of carbonyl (C=O) groups is 1. The normalized spacial score (nSPS) is 10.2. The Balaban J connectivity index is 1.45. The van der Waals surface area contributed by atoms with E-state index in [-0.39, 0.29) is 5.91 Å². The monoisotopic (exact) mass is 452 g/mol. The van der Waals surface area contributed by atoms with Gasteiger partial charge in [-0.15, -0.1) is 0 Å². The molecule has 0 unspecified atom stereocenters. The van der Waals surface area contributed by atoms with Crippen molar-refractivity contribution in [2.75, 3.05) is 12.4 Å². The SMILES string of the molecule is COc1cc(C(=O)Nc2cccc(C#Cc3ccccc3)c2)ccc1OCc1c(C)noc1C. The summed E-state index contributed by atoms with van der Waals surface area (Å²) in [5.74, 6) is 7.68. The summed E-state index contributed by atoms with van der Waals surface area (Å²) in [5, 5.41) is 6.85. The third kappa shape index (κ3) is 5.45. The molecule has 0 aliphatic rings. The van der Waals surface area contributed by atoms with Crippen LogP contribution in [0.15, 0.2) is 77.3 Å². The zero-order valence-electron chi connectivity index (χ0n) is 19.2. The number of amides is 1. The van der Waals surface area contributed by atoms with Gasteiger partial charge in [-0.2, -0.15) is 0 Å². The Bertz CT molecular complexity index is 1340. The Morgan fingerprint density at radius 2 is 1.71 bits per heavy atom. The molecule has 4 rings (SSSR count). The average molecular weight is 453 g/mol. The van der Waals surface area contributed by atoms with Crippen LogP contribution >= 0.6 is 0 Å². The van der Waals surface area contributed by atoms with Crippen LogP contribution in [0.1, 0.15) is 38.5 Å². The van der Waals surface area contributed by atoms with E-state index in [1.165, 1.54) is 7.11 Å². The largest absolute Gasteiger partial charge is 0.493 e. The number of nitrogens with one attached hydrogen (secondary N) is 1. The van der Waals surface area contributed by atoms with E-state index in [9.17, 15) is 4.79 Å². The number of aryl methyl sites for hydroxylation is 2. The number of anilines is 1. The van der Waals surface area contributed by atoms with Crippen molar-refractivity contribution in [3.05, 3.63) is 107 Å². The first kappa shape index (κ1) is 22.7. The highest BCUT2D eigenvalue weighted by Crippen LogP contribution is 2.30. The standard InChI is InChI=1S/C28H24N2O4/c1-19-25(20(2)34-30-19)18-33-26-15-14-23(17-27(26)32-3)28(31)29-24-11-7-10-22(16-24)13-12-21-8-5-4-6-9-21/h4-11,14-17H,18H2,1-3H3,(H,29,31). The van der Waals surface area contributed by atoms with E-state index in [0.29, 0.717) is 35.1 Å². The molecule has 1 aromatic heterocycles. The minimum Gasteiger partial charge on any atom is -0.493 e. The van der Waals surface area contributed by atoms with Crippen molar-refractivity contribution in [3.8, 4) is 23.3 Å². The molecule has 170 valence electrons. The van der Waals surface area contributed by atoms with Crippen molar-refractivity contribution >= 4 is 11.6 Å². The molecule has 0 atom stereocenters. The molecule has 4 aromatic rings. The lowest BCUT2D eigenvalue weighted by Crippen LogP contribution is -2.12. The third-order valence-electron chi connectivity index (χ3n) is 5.22. The van der Waals surface area contributed by atoms with Crippen LogP contribution in [0.25, 0.3) is 0 Å². The van der Waals surface area contributed by atoms with E-state index in [1.807, 2.05) is 68.4 Å². The maximum Gasteiger partial charge on any atom is 0.255 e. The summed E-state index contributed by atoms with van der Waals surface area (Å²) in [6, 6.07) is 22.2. The van der Waals surface area contributed by atoms with Crippen molar-refractivity contribution < 1.29 is 18.8 Å². The highest BCUT2D eigenvalue weighted by molar-refractivity contribution is 6.04. The van der Waals surface area contributed by atoms with Gasteiger partial charge < -0.3 is 19.3 Å². The predicted molar refractivity (Wildman–Crippen MR) is 130 cm³/mol. The van der Waals surface area contributed by atoms with Gasteiger partial charge in [0.15, 0.2) is 11.5 Å². The topological polar surface area (TPSA) is 73.6 Å². The van der Waals surface area contributed by atoms with E-state index in [2.05, 4.69) is 22.3 Å². The van der Waals surface area contributed by atoms with Crippen LogP contribution in [-0.2, 0) is 6.61 Å². The van der Waals surface area contributed by atoms with Gasteiger partial charge in [-0.3, -0.25) is 4.79 Å². The van der Waals surface area contributed by atoms with Crippen LogP contribution in [0.5, 0.6) is 11.5 Å². The molecule has 0 radical (unpaired) electrons. The molecule has 0 saturated heterocycles. The number of carbonyl (C=O) groups excluding carboxylic acids is 1. The van der Waals surface area contributed by atoms with Crippen molar-refractivity contribution in [1.29, 1.82) is 0 Å². The Hall–Kier alpha value is -4.50. The minimum absolute atomic E-state index is 0.260. The zero-order chi connectivity index (χ0) is 23.9. The molecule has 1 N–H and O–H groups in total. The maximum atomic E-state index is 12.9. The molecule has 0 bridgehead atoms. The fourth-order valence-electron chi connectivity index (χ4n) is 3.33. The van der Waals surface area contributed by atoms with E-state index in [4.69, 9.17) is 14.0 Å². The number of hydrogen-bond acceptors (Lipinski definition) is 5. The van der Waals surface area contributed by atoms with E-state index in [1.54, 1.807) is 18.2 Å². The van der Waals surface area contributed by atoms with Crippen LogP contribution in [0.2, 0.25) is 0 Å². The molecule has 1 amide bonds. The first-order chi connectivity index (χ1) is 16.5. The van der Waals surface area contributed by atoms with Crippen molar-refractivity contribution in [2.24, 2.45) is 0 Å². The van der Waals surface area contributed by atoms with Crippen LogP contribution in [0.3, 0.4) is 0 Å². The molecular weight excluding hydrogens is 428 g/mol. The predicted octanol–water partition coefficient (Wildman–Crippen LogP) is 5.53. The number of ether oxygens (including phenoxy) is 2. The van der Waals surface area contributed by atoms with Gasteiger partial charge >= 0.3 is 0 Å². The van der Waals surface area contributed by atoms with E-state index in [0.717, 1.165) is 22.4 Å². The molecule has 1 heterocycles. The van der Waals surface area contributed by atoms with Gasteiger partial charge in [-0.1, -0.05) is 41.3 Å². The lowest BCUT2D eigenvalue weighted by Gasteiger charge is -2.12. The molecule has 34 heavy (non-hydrogen) atoms. The van der Waals surface area contributed by atoms with Gasteiger partial charge in [0.25, 0.3) is 5.91 Å². The molecular formula is C28H24N2O4. The molecule has 0 spiro atoms. The molecule has 3 aromatic carbocycles. The second kappa shape index (κ2) is 10.4. The molecule has 0 saturated carbocycles. The fourth-order valence-corrected chi connectivity index (χ4v) is 3.33. The number of nitrogens with zero attached hydrogens (tertiary/aromatic N) is 1. The highest BCUT2D eigenvalue weighted by atomic mass is 16.5. The molecule has 0 aliphatic heterocycles. The third-order valence-corrected chi connectivity index (χ3v) is 5.22. The van der Waals surface area contributed by atoms with Gasteiger partial charge in [0.1, 0.15) is 12.4 Å². The first-order valence-corrected chi connectivity index (χ1v) is 10.7. The highest BCUT2D eigenvalue weighted by Gasteiger charge is 2.14. The average Bonchev–Trinajstić information content (AvgIpc) is 3.19. The number of rotatable bonds is 6. The summed E-state index contributed by atoms with van der Waals surface area (Å²) in [6.07, 6.45) is 0. The number of hydrogen-bond donors (Lipinski definition) is 1. The van der Waals surface area contributed by atoms with Crippen molar-refractivity contribution in [2.45, 2.75) is 20.5 Å². The quantitative estimate of drug-likeness (QED) is 0.389. The Kier molecular flexibility index (Phi) is 6.95. The fraction of sp³-hybridized carbons (Fsp3) is 0.143. The Labute approximate surface area is 198 Å². The smallest absolute Gasteiger partial charge is 0.255 e. The molecule has 6 heteroatoms. The van der Waals surface area contributed by atoms with Crippen molar-refractivity contribution in [1.82, 2.24) is 5.16 Å². The summed E-state index contributed by atoms with van der Waals surface area (Å²) in [5.41, 5.74) is 4.51. The van der Waals surface area contributed by atoms with E-state index < -0.39 is 0 Å². The maximum absolute atomic E-state index is 12.9. The number of aromatic nitrogens is 1. The second-order valence-electron chi connectivity index (χ2n) is 7.61. The summed E-state index contributed by atoms with van der Waals surface area (Å²) in [6.45, 7) is 3.99. The first-order valence-electron chi connectivity index (χ1n) is 10.7. The van der Waals surface area contributed by atoms with Crippen LogP contribution in [0, 0.1) is 25.7 Å². The van der Waals surface area contributed by atoms with Gasteiger partial charge in [0, 0.05) is 22.4 Å². The number of methoxy groups -OCH3 is 1. The minimum atomic E-state index is -0.260. The Morgan fingerprint density at radius 1 is 0.941 bits per heavy atom. The summed E-state index contributed by atoms with van der Waals surface area (Å²) >= 11 is 0. The summed E-state index contributed by atoms with van der Waals surface area (Å²) < 4.78 is 16.5. The van der Waals surface area contributed by atoms with Gasteiger partial charge in [-0.25, -0.2) is 0 Å². The zero-order valence-corrected chi connectivity index (χ0v) is 19.2. The molecule has 6 nitrogen and oxygen atoms in total. The Morgan fingerprint density at radius 3 is 2.44 bits per heavy atom. The lowest BCUT2D eigenvalue weighted by molar-refractivity contribution is 0.102. The van der Waals surface area contributed by atoms with E-state index >= 15 is 0 Å². The van der Waals surface area contributed by atoms with Gasteiger partial charge in [-0.05, 0) is 62.4 Å². The van der Waals surface area contributed by atoms with Crippen LogP contribution in [-0.4, -0.2) is 18.2 Å². The summed E-state index contributed by atoms with van der Waals surface area (Å²) in [4.78, 5) is 12.9. The van der Waals surface area contributed by atoms with Crippen LogP contribution < -0.4 is 14.8 Å². The van der Waals surface area contributed by atoms with Crippen LogP contribution in [0.4, 0.5) is 5.69 Å². The molecule has 0 fully saturated rings.